The van der Waals surface area contributed by atoms with Crippen LogP contribution in [0.2, 0.25) is 5.15 Å². The standard InChI is InChI=1S/C9H7ClN6O2/c10-7-5(2-1-3-12-7)15-9-6(16(17)18)8(11)13-4-14-9/h1-4H,(H3,11,13,14,15). The van der Waals surface area contributed by atoms with Crippen molar-refractivity contribution in [2.75, 3.05) is 11.1 Å². The number of nitrogens with zero attached hydrogens (tertiary/aromatic N) is 4. The number of nitrogens with two attached hydrogens (primary N) is 1. The van der Waals surface area contributed by atoms with Gasteiger partial charge in [0.15, 0.2) is 5.15 Å². The van der Waals surface area contributed by atoms with E-state index >= 15 is 0 Å². The van der Waals surface area contributed by atoms with Crippen LogP contribution < -0.4 is 11.1 Å². The van der Waals surface area contributed by atoms with Crippen molar-refractivity contribution in [2.24, 2.45) is 0 Å². The van der Waals surface area contributed by atoms with E-state index in [-0.39, 0.29) is 16.8 Å². The molecule has 18 heavy (non-hydrogen) atoms. The molecule has 2 rings (SSSR count). The van der Waals surface area contributed by atoms with Gasteiger partial charge in [0.2, 0.25) is 11.6 Å². The fourth-order valence-corrected chi connectivity index (χ4v) is 1.44. The molecule has 2 aromatic heterocycles. The SMILES string of the molecule is Nc1ncnc(Nc2cccnc2Cl)c1[N+](=O)[O-]. The van der Waals surface area contributed by atoms with Crippen molar-refractivity contribution in [3.05, 3.63) is 39.9 Å². The normalized spacial score (nSPS) is 10.1. The molecule has 0 unspecified atom stereocenters. The summed E-state index contributed by atoms with van der Waals surface area (Å²) >= 11 is 5.83. The van der Waals surface area contributed by atoms with Gasteiger partial charge < -0.3 is 11.1 Å². The number of hydrogen-bond acceptors (Lipinski definition) is 7. The fraction of sp³-hybridized carbons (Fsp3) is 0. The second kappa shape index (κ2) is 4.80. The lowest BCUT2D eigenvalue weighted by Crippen LogP contribution is -2.05. The van der Waals surface area contributed by atoms with E-state index in [2.05, 4.69) is 20.3 Å². The maximum Gasteiger partial charge on any atom is 0.353 e. The number of nitro groups is 1. The summed E-state index contributed by atoms with van der Waals surface area (Å²) in [6.45, 7) is 0. The molecule has 2 aromatic rings. The number of pyridine rings is 1. The second-order valence-electron chi connectivity index (χ2n) is 3.18. The Morgan fingerprint density at radius 2 is 2.17 bits per heavy atom. The van der Waals surface area contributed by atoms with E-state index in [1.165, 1.54) is 6.20 Å². The third kappa shape index (κ3) is 2.28. The quantitative estimate of drug-likeness (QED) is 0.493. The molecule has 0 spiro atoms. The highest BCUT2D eigenvalue weighted by atomic mass is 35.5. The Hall–Kier alpha value is -2.48. The zero-order chi connectivity index (χ0) is 13.1. The van der Waals surface area contributed by atoms with Crippen molar-refractivity contribution in [2.45, 2.75) is 0 Å². The first kappa shape index (κ1) is 12.0. The topological polar surface area (TPSA) is 120 Å². The molecule has 0 saturated heterocycles. The van der Waals surface area contributed by atoms with Crippen LogP contribution in [-0.4, -0.2) is 19.9 Å². The zero-order valence-corrected chi connectivity index (χ0v) is 9.63. The third-order valence-electron chi connectivity index (χ3n) is 2.05. The van der Waals surface area contributed by atoms with Crippen LogP contribution in [0, 0.1) is 10.1 Å². The van der Waals surface area contributed by atoms with Gasteiger partial charge in [-0.05, 0) is 12.1 Å². The fourth-order valence-electron chi connectivity index (χ4n) is 1.27. The van der Waals surface area contributed by atoms with Gasteiger partial charge in [-0.1, -0.05) is 11.6 Å². The first-order chi connectivity index (χ1) is 8.59. The van der Waals surface area contributed by atoms with E-state index in [1.807, 2.05) is 0 Å². The molecular formula is C9H7ClN6O2. The molecule has 0 aliphatic carbocycles. The minimum absolute atomic E-state index is 0.0394. The molecule has 0 saturated carbocycles. The smallest absolute Gasteiger partial charge is 0.353 e. The van der Waals surface area contributed by atoms with Crippen LogP contribution >= 0.6 is 11.6 Å². The summed E-state index contributed by atoms with van der Waals surface area (Å²) < 4.78 is 0. The molecule has 0 bridgehead atoms. The second-order valence-corrected chi connectivity index (χ2v) is 3.54. The third-order valence-corrected chi connectivity index (χ3v) is 2.35. The lowest BCUT2D eigenvalue weighted by Gasteiger charge is -2.07. The Morgan fingerprint density at radius 1 is 1.39 bits per heavy atom. The molecule has 0 aromatic carbocycles. The maximum absolute atomic E-state index is 10.9. The van der Waals surface area contributed by atoms with Crippen molar-refractivity contribution in [1.29, 1.82) is 0 Å². The van der Waals surface area contributed by atoms with Gasteiger partial charge in [0.1, 0.15) is 6.33 Å². The average molecular weight is 267 g/mol. The number of rotatable bonds is 3. The summed E-state index contributed by atoms with van der Waals surface area (Å²) in [5.74, 6) is -0.264. The van der Waals surface area contributed by atoms with E-state index in [0.717, 1.165) is 6.33 Å². The van der Waals surface area contributed by atoms with Crippen molar-refractivity contribution >= 4 is 34.6 Å². The lowest BCUT2D eigenvalue weighted by atomic mass is 10.4. The van der Waals surface area contributed by atoms with Crippen LogP contribution in [0.25, 0.3) is 0 Å². The molecule has 0 radical (unpaired) electrons. The van der Waals surface area contributed by atoms with E-state index < -0.39 is 10.6 Å². The van der Waals surface area contributed by atoms with E-state index in [4.69, 9.17) is 17.3 Å². The molecule has 0 atom stereocenters. The number of anilines is 3. The van der Waals surface area contributed by atoms with Gasteiger partial charge in [0, 0.05) is 6.20 Å². The first-order valence-corrected chi connectivity index (χ1v) is 5.10. The van der Waals surface area contributed by atoms with Gasteiger partial charge in [0.25, 0.3) is 0 Å². The number of halogens is 1. The molecule has 0 aliphatic heterocycles. The average Bonchev–Trinajstić information content (AvgIpc) is 2.31. The Balaban J connectivity index is 2.44. The molecule has 0 fully saturated rings. The van der Waals surface area contributed by atoms with Crippen LogP contribution in [-0.2, 0) is 0 Å². The molecule has 2 heterocycles. The van der Waals surface area contributed by atoms with Crippen molar-refractivity contribution < 1.29 is 4.92 Å². The van der Waals surface area contributed by atoms with Gasteiger partial charge in [0.05, 0.1) is 10.6 Å². The first-order valence-electron chi connectivity index (χ1n) is 4.72. The summed E-state index contributed by atoms with van der Waals surface area (Å²) in [6, 6.07) is 3.24. The van der Waals surface area contributed by atoms with Crippen molar-refractivity contribution in [3.8, 4) is 0 Å². The summed E-state index contributed by atoms with van der Waals surface area (Å²) in [6.07, 6.45) is 2.62. The molecule has 3 N–H and O–H groups in total. The highest BCUT2D eigenvalue weighted by molar-refractivity contribution is 6.32. The van der Waals surface area contributed by atoms with E-state index in [1.54, 1.807) is 12.1 Å². The zero-order valence-electron chi connectivity index (χ0n) is 8.87. The summed E-state index contributed by atoms with van der Waals surface area (Å²) in [4.78, 5) is 21.4. The van der Waals surface area contributed by atoms with E-state index in [9.17, 15) is 10.1 Å². The number of nitrogens with one attached hydrogen (secondary N) is 1. The Morgan fingerprint density at radius 3 is 2.83 bits per heavy atom. The molecule has 0 amide bonds. The van der Waals surface area contributed by atoms with Crippen LogP contribution in [0.1, 0.15) is 0 Å². The predicted octanol–water partition coefficient (Wildman–Crippen LogP) is 1.76. The molecular weight excluding hydrogens is 260 g/mol. The Labute approximate surface area is 106 Å². The largest absolute Gasteiger partial charge is 0.378 e. The minimum Gasteiger partial charge on any atom is -0.378 e. The van der Waals surface area contributed by atoms with E-state index in [0.29, 0.717) is 5.69 Å². The van der Waals surface area contributed by atoms with Crippen LogP contribution in [0.5, 0.6) is 0 Å². The highest BCUT2D eigenvalue weighted by Gasteiger charge is 2.21. The monoisotopic (exact) mass is 266 g/mol. The predicted molar refractivity (Wildman–Crippen MR) is 65.6 cm³/mol. The number of aromatic nitrogens is 3. The van der Waals surface area contributed by atoms with Gasteiger partial charge in [-0.2, -0.15) is 0 Å². The maximum atomic E-state index is 10.9. The van der Waals surface area contributed by atoms with Crippen molar-refractivity contribution in [3.63, 3.8) is 0 Å². The number of hydrogen-bond donors (Lipinski definition) is 2. The highest BCUT2D eigenvalue weighted by Crippen LogP contribution is 2.30. The van der Waals surface area contributed by atoms with Crippen LogP contribution in [0.3, 0.4) is 0 Å². The Bertz CT molecular complexity index is 605. The van der Waals surface area contributed by atoms with Crippen molar-refractivity contribution in [1.82, 2.24) is 15.0 Å². The molecule has 8 nitrogen and oxygen atoms in total. The van der Waals surface area contributed by atoms with Gasteiger partial charge in [-0.25, -0.2) is 15.0 Å². The summed E-state index contributed by atoms with van der Waals surface area (Å²) in [5.41, 5.74) is 5.42. The summed E-state index contributed by atoms with van der Waals surface area (Å²) in [5, 5.41) is 13.7. The molecule has 0 aliphatic rings. The van der Waals surface area contributed by atoms with Gasteiger partial charge in [-0.3, -0.25) is 10.1 Å². The minimum atomic E-state index is -0.665. The van der Waals surface area contributed by atoms with Gasteiger partial charge >= 0.3 is 5.69 Å². The van der Waals surface area contributed by atoms with Crippen LogP contribution in [0.4, 0.5) is 23.0 Å². The van der Waals surface area contributed by atoms with Crippen LogP contribution in [0.15, 0.2) is 24.7 Å². The summed E-state index contributed by atoms with van der Waals surface area (Å²) in [7, 11) is 0. The molecule has 9 heteroatoms. The Kier molecular flexibility index (Phi) is 3.20. The molecule has 92 valence electrons. The lowest BCUT2D eigenvalue weighted by molar-refractivity contribution is -0.383. The van der Waals surface area contributed by atoms with Gasteiger partial charge in [-0.15, -0.1) is 0 Å². The number of nitrogen functional groups attached to an aromatic ring is 1.